The van der Waals surface area contributed by atoms with Gasteiger partial charge < -0.3 is 9.84 Å². The maximum atomic E-state index is 10.9. The van der Waals surface area contributed by atoms with Gasteiger partial charge in [-0.15, -0.1) is 11.6 Å². The summed E-state index contributed by atoms with van der Waals surface area (Å²) in [5.41, 5.74) is 3.12. The molecule has 3 fully saturated rings. The van der Waals surface area contributed by atoms with Crippen LogP contribution in [0.4, 0.5) is 0 Å². The Kier molecular flexibility index (Phi) is 5.38. The zero-order valence-electron chi connectivity index (χ0n) is 15.1. The zero-order chi connectivity index (χ0) is 17.3. The molecular weight excluding hydrogens is 334 g/mol. The summed E-state index contributed by atoms with van der Waals surface area (Å²) in [6, 6.07) is 0.863. The van der Waals surface area contributed by atoms with Gasteiger partial charge in [0.15, 0.2) is 0 Å². The van der Waals surface area contributed by atoms with Crippen molar-refractivity contribution in [2.45, 2.75) is 68.4 Å². The van der Waals surface area contributed by atoms with Crippen LogP contribution in [0.3, 0.4) is 0 Å². The first kappa shape index (κ1) is 17.8. The summed E-state index contributed by atoms with van der Waals surface area (Å²) in [7, 11) is 0. The van der Waals surface area contributed by atoms with E-state index in [1.165, 1.54) is 56.3 Å². The number of piperidine rings is 1. The molecule has 25 heavy (non-hydrogen) atoms. The van der Waals surface area contributed by atoms with Crippen molar-refractivity contribution < 1.29 is 9.84 Å². The van der Waals surface area contributed by atoms with E-state index in [1.54, 1.807) is 0 Å². The van der Waals surface area contributed by atoms with Crippen molar-refractivity contribution >= 4 is 11.6 Å². The lowest BCUT2D eigenvalue weighted by Gasteiger charge is -2.40. The van der Waals surface area contributed by atoms with Gasteiger partial charge in [0.05, 0.1) is 11.0 Å². The third-order valence-corrected chi connectivity index (χ3v) is 6.96. The van der Waals surface area contributed by atoms with E-state index in [0.29, 0.717) is 26.1 Å². The van der Waals surface area contributed by atoms with Crippen molar-refractivity contribution in [3.8, 4) is 0 Å². The summed E-state index contributed by atoms with van der Waals surface area (Å²) < 4.78 is 5.39. The minimum atomic E-state index is -0.714. The molecule has 0 spiro atoms. The highest BCUT2D eigenvalue weighted by Gasteiger charge is 2.36. The molecule has 3 nitrogen and oxygen atoms in total. The number of alkyl halides is 1. The molecule has 4 heteroatoms. The molecule has 2 aliphatic heterocycles. The Morgan fingerprint density at radius 3 is 2.48 bits per heavy atom. The van der Waals surface area contributed by atoms with Crippen LogP contribution in [0.25, 0.3) is 0 Å². The van der Waals surface area contributed by atoms with Gasteiger partial charge in [-0.25, -0.2) is 0 Å². The van der Waals surface area contributed by atoms with Crippen molar-refractivity contribution in [2.24, 2.45) is 0 Å². The molecule has 0 aromatic heterocycles. The van der Waals surface area contributed by atoms with Crippen molar-refractivity contribution in [1.82, 2.24) is 4.90 Å². The zero-order valence-corrected chi connectivity index (χ0v) is 15.8. The minimum Gasteiger partial charge on any atom is -0.385 e. The number of rotatable bonds is 3. The average Bonchev–Trinajstić information content (AvgIpc) is 2.57. The number of hydrogen-bond donors (Lipinski definition) is 1. The lowest BCUT2D eigenvalue weighted by molar-refractivity contribution is -0.0411. The van der Waals surface area contributed by atoms with Crippen LogP contribution in [0.1, 0.15) is 51.4 Å². The molecule has 2 saturated heterocycles. The van der Waals surface area contributed by atoms with Crippen molar-refractivity contribution in [1.29, 1.82) is 0 Å². The fourth-order valence-electron chi connectivity index (χ4n) is 4.50. The summed E-state index contributed by atoms with van der Waals surface area (Å²) in [4.78, 5) is 2.67. The van der Waals surface area contributed by atoms with Crippen LogP contribution in [-0.2, 0) is 4.74 Å². The molecule has 1 unspecified atom stereocenters. The SMILES string of the molecule is OC1(C2=CC=C(C=C3CCN(C4CCC4)CC3)C(Cl)C2)CCOCC1. The van der Waals surface area contributed by atoms with E-state index >= 15 is 0 Å². The highest BCUT2D eigenvalue weighted by Crippen LogP contribution is 2.37. The number of ether oxygens (including phenoxy) is 1. The normalized spacial score (nSPS) is 31.1. The molecule has 138 valence electrons. The van der Waals surface area contributed by atoms with Crippen LogP contribution < -0.4 is 0 Å². The Morgan fingerprint density at radius 2 is 1.88 bits per heavy atom. The Bertz CT molecular complexity index is 575. The summed E-state index contributed by atoms with van der Waals surface area (Å²) in [6.45, 7) is 3.69. The van der Waals surface area contributed by atoms with Gasteiger partial charge >= 0.3 is 0 Å². The van der Waals surface area contributed by atoms with Gasteiger partial charge in [0.25, 0.3) is 0 Å². The molecule has 0 amide bonds. The van der Waals surface area contributed by atoms with E-state index in [4.69, 9.17) is 16.3 Å². The number of halogens is 1. The molecular formula is C21H30ClNO2. The third-order valence-electron chi connectivity index (χ3n) is 6.56. The molecule has 2 heterocycles. The number of likely N-dealkylation sites (tertiary alicyclic amines) is 1. The predicted octanol–water partition coefficient (Wildman–Crippen LogP) is 3.97. The molecule has 1 atom stereocenters. The summed E-state index contributed by atoms with van der Waals surface area (Å²) in [5.74, 6) is 0. The number of hydrogen-bond acceptors (Lipinski definition) is 3. The highest BCUT2D eigenvalue weighted by atomic mass is 35.5. The topological polar surface area (TPSA) is 32.7 Å². The van der Waals surface area contributed by atoms with Gasteiger partial charge in [-0.3, -0.25) is 4.90 Å². The van der Waals surface area contributed by atoms with Crippen molar-refractivity contribution in [3.63, 3.8) is 0 Å². The van der Waals surface area contributed by atoms with Gasteiger partial charge in [-0.1, -0.05) is 30.2 Å². The van der Waals surface area contributed by atoms with Crippen molar-refractivity contribution in [3.05, 3.63) is 34.9 Å². The Balaban J connectivity index is 1.40. The van der Waals surface area contributed by atoms with Crippen LogP contribution in [0.15, 0.2) is 34.9 Å². The van der Waals surface area contributed by atoms with E-state index in [1.807, 2.05) is 0 Å². The third kappa shape index (κ3) is 3.90. The second-order valence-corrected chi connectivity index (χ2v) is 8.62. The molecule has 0 aromatic carbocycles. The first-order valence-electron chi connectivity index (χ1n) is 9.93. The van der Waals surface area contributed by atoms with Gasteiger partial charge in [-0.05, 0) is 43.3 Å². The lowest BCUT2D eigenvalue weighted by atomic mass is 9.80. The minimum absolute atomic E-state index is 0.0240. The largest absolute Gasteiger partial charge is 0.385 e. The predicted molar refractivity (Wildman–Crippen MR) is 102 cm³/mol. The maximum Gasteiger partial charge on any atom is 0.0904 e. The number of allylic oxidation sites excluding steroid dienone is 4. The van der Waals surface area contributed by atoms with E-state index in [-0.39, 0.29) is 5.38 Å². The van der Waals surface area contributed by atoms with Crippen LogP contribution >= 0.6 is 11.6 Å². The molecule has 1 N–H and O–H groups in total. The maximum absolute atomic E-state index is 10.9. The highest BCUT2D eigenvalue weighted by molar-refractivity contribution is 6.23. The summed E-state index contributed by atoms with van der Waals surface area (Å²) in [5, 5.41) is 10.9. The van der Waals surface area contributed by atoms with Gasteiger partial charge in [0.1, 0.15) is 0 Å². The standard InChI is InChI=1S/C21H30ClNO2/c22-20-15-18(21(24)8-12-25-13-9-21)5-4-17(20)14-16-6-10-23(11-7-16)19-2-1-3-19/h4-5,14,19-20,24H,1-3,6-13,15H2. The lowest BCUT2D eigenvalue weighted by Crippen LogP contribution is -2.43. The van der Waals surface area contributed by atoms with Crippen LogP contribution in [0, 0.1) is 0 Å². The molecule has 4 aliphatic rings. The molecule has 0 bridgehead atoms. The second-order valence-electron chi connectivity index (χ2n) is 8.10. The number of aliphatic hydroxyl groups is 1. The van der Waals surface area contributed by atoms with Crippen LogP contribution in [0.5, 0.6) is 0 Å². The quantitative estimate of drug-likeness (QED) is 0.770. The van der Waals surface area contributed by atoms with E-state index < -0.39 is 5.60 Å². The molecule has 0 radical (unpaired) electrons. The van der Waals surface area contributed by atoms with Crippen LogP contribution in [-0.4, -0.2) is 53.3 Å². The average molecular weight is 364 g/mol. The number of nitrogens with zero attached hydrogens (tertiary/aromatic N) is 1. The van der Waals surface area contributed by atoms with Gasteiger partial charge in [0.2, 0.25) is 0 Å². The second kappa shape index (κ2) is 7.56. The fourth-order valence-corrected chi connectivity index (χ4v) is 4.80. The molecule has 4 rings (SSSR count). The fraction of sp³-hybridized carbons (Fsp3) is 0.714. The van der Waals surface area contributed by atoms with E-state index in [2.05, 4.69) is 23.1 Å². The van der Waals surface area contributed by atoms with Gasteiger partial charge in [-0.2, -0.15) is 0 Å². The Labute approximate surface area is 156 Å². The van der Waals surface area contributed by atoms with Crippen molar-refractivity contribution in [2.75, 3.05) is 26.3 Å². The monoisotopic (exact) mass is 363 g/mol. The van der Waals surface area contributed by atoms with Crippen LogP contribution in [0.2, 0.25) is 0 Å². The summed E-state index contributed by atoms with van der Waals surface area (Å²) >= 11 is 6.68. The first-order chi connectivity index (χ1) is 12.1. The molecule has 1 saturated carbocycles. The van der Waals surface area contributed by atoms with E-state index in [9.17, 15) is 5.11 Å². The first-order valence-corrected chi connectivity index (χ1v) is 10.4. The Morgan fingerprint density at radius 1 is 1.16 bits per heavy atom. The Hall–Kier alpha value is -0.610. The van der Waals surface area contributed by atoms with E-state index in [0.717, 1.165) is 18.0 Å². The summed E-state index contributed by atoms with van der Waals surface area (Å²) in [6.07, 6.45) is 15.3. The molecule has 0 aromatic rings. The van der Waals surface area contributed by atoms with Gasteiger partial charge in [0, 0.05) is 45.2 Å². The molecule has 2 aliphatic carbocycles. The smallest absolute Gasteiger partial charge is 0.0904 e.